The molecule has 1 aromatic heterocycles. The molecule has 0 unspecified atom stereocenters. The van der Waals surface area contributed by atoms with E-state index < -0.39 is 0 Å². The third-order valence-corrected chi connectivity index (χ3v) is 3.33. The Labute approximate surface area is 115 Å². The lowest BCUT2D eigenvalue weighted by atomic mass is 10.4. The van der Waals surface area contributed by atoms with Crippen LogP contribution < -0.4 is 15.8 Å². The minimum absolute atomic E-state index is 0.138. The number of hydrogen-bond acceptors (Lipinski definition) is 5. The first-order valence-corrected chi connectivity index (χ1v) is 6.51. The average molecular weight is 319 g/mol. The van der Waals surface area contributed by atoms with Crippen molar-refractivity contribution in [3.8, 4) is 0 Å². The fourth-order valence-electron chi connectivity index (χ4n) is 1.46. The lowest BCUT2D eigenvalue weighted by molar-refractivity contribution is 0.181. The molecule has 0 aliphatic heterocycles. The van der Waals surface area contributed by atoms with Gasteiger partial charge in [-0.3, -0.25) is 4.79 Å². The van der Waals surface area contributed by atoms with Gasteiger partial charge in [0.05, 0.1) is 25.0 Å². The highest BCUT2D eigenvalue weighted by molar-refractivity contribution is 9.10. The molecule has 0 atom stereocenters. The van der Waals surface area contributed by atoms with Crippen LogP contribution in [0.25, 0.3) is 0 Å². The molecule has 0 aliphatic carbocycles. The van der Waals surface area contributed by atoms with Gasteiger partial charge in [-0.15, -0.1) is 0 Å². The van der Waals surface area contributed by atoms with Gasteiger partial charge in [0.25, 0.3) is 5.56 Å². The van der Waals surface area contributed by atoms with E-state index in [1.54, 1.807) is 13.3 Å². The number of anilines is 1. The molecule has 18 heavy (non-hydrogen) atoms. The molecule has 0 aromatic carbocycles. The number of hydrogen-bond donors (Lipinski definition) is 1. The van der Waals surface area contributed by atoms with E-state index in [9.17, 15) is 4.79 Å². The van der Waals surface area contributed by atoms with Gasteiger partial charge in [-0.25, -0.2) is 4.68 Å². The summed E-state index contributed by atoms with van der Waals surface area (Å²) in [7, 11) is 5.42. The molecule has 0 saturated heterocycles. The number of likely N-dealkylation sites (N-methyl/N-ethyl adjacent to an activating group) is 2. The zero-order valence-electron chi connectivity index (χ0n) is 10.9. The third kappa shape index (κ3) is 3.79. The van der Waals surface area contributed by atoms with Crippen molar-refractivity contribution < 1.29 is 4.74 Å². The first-order valence-electron chi connectivity index (χ1n) is 5.72. The van der Waals surface area contributed by atoms with Gasteiger partial charge in [0, 0.05) is 27.2 Å². The van der Waals surface area contributed by atoms with E-state index in [1.165, 1.54) is 4.68 Å². The Balaban J connectivity index is 2.89. The third-order valence-electron chi connectivity index (χ3n) is 2.58. The zero-order valence-corrected chi connectivity index (χ0v) is 12.5. The highest BCUT2D eigenvalue weighted by Gasteiger charge is 2.11. The number of methoxy groups -OCH3 is 1. The van der Waals surface area contributed by atoms with Crippen molar-refractivity contribution in [2.24, 2.45) is 0 Å². The first kappa shape index (κ1) is 15.1. The van der Waals surface area contributed by atoms with Gasteiger partial charge in [-0.2, -0.15) is 5.10 Å². The number of nitrogens with zero attached hydrogens (tertiary/aromatic N) is 3. The van der Waals surface area contributed by atoms with Crippen LogP contribution in [0.4, 0.5) is 5.69 Å². The molecule has 0 fully saturated rings. The van der Waals surface area contributed by atoms with E-state index in [0.717, 1.165) is 18.8 Å². The molecule has 1 N–H and O–H groups in total. The maximum absolute atomic E-state index is 12.0. The summed E-state index contributed by atoms with van der Waals surface area (Å²) in [6.07, 6.45) is 1.69. The minimum Gasteiger partial charge on any atom is -0.383 e. The molecule has 1 heterocycles. The van der Waals surface area contributed by atoms with Gasteiger partial charge in [0.2, 0.25) is 0 Å². The van der Waals surface area contributed by atoms with Crippen LogP contribution in [0.15, 0.2) is 15.5 Å². The summed E-state index contributed by atoms with van der Waals surface area (Å²) in [6, 6.07) is 0. The van der Waals surface area contributed by atoms with Crippen LogP contribution in [0.5, 0.6) is 0 Å². The number of nitrogens with one attached hydrogen (secondary N) is 1. The molecular weight excluding hydrogens is 300 g/mol. The monoisotopic (exact) mass is 318 g/mol. The van der Waals surface area contributed by atoms with E-state index in [1.807, 2.05) is 19.0 Å². The molecule has 0 aliphatic rings. The summed E-state index contributed by atoms with van der Waals surface area (Å²) in [4.78, 5) is 14.0. The van der Waals surface area contributed by atoms with Crippen LogP contribution in [-0.2, 0) is 11.3 Å². The number of ether oxygens (including phenoxy) is 1. The highest BCUT2D eigenvalue weighted by Crippen LogP contribution is 2.19. The highest BCUT2D eigenvalue weighted by atomic mass is 79.9. The smallest absolute Gasteiger partial charge is 0.283 e. The first-order chi connectivity index (χ1) is 8.61. The van der Waals surface area contributed by atoms with Crippen LogP contribution in [-0.4, -0.2) is 50.7 Å². The van der Waals surface area contributed by atoms with Crippen molar-refractivity contribution >= 4 is 21.6 Å². The maximum atomic E-state index is 12.0. The molecule has 0 amide bonds. The van der Waals surface area contributed by atoms with Gasteiger partial charge in [0.15, 0.2) is 0 Å². The van der Waals surface area contributed by atoms with Crippen LogP contribution >= 0.6 is 15.9 Å². The van der Waals surface area contributed by atoms with Gasteiger partial charge in [0.1, 0.15) is 4.47 Å². The second-order valence-corrected chi connectivity index (χ2v) is 4.68. The summed E-state index contributed by atoms with van der Waals surface area (Å²) >= 11 is 3.34. The maximum Gasteiger partial charge on any atom is 0.283 e. The van der Waals surface area contributed by atoms with Crippen LogP contribution in [0, 0.1) is 0 Å². The Morgan fingerprint density at radius 2 is 2.33 bits per heavy atom. The van der Waals surface area contributed by atoms with Crippen LogP contribution in [0.2, 0.25) is 0 Å². The molecule has 0 radical (unpaired) electrons. The molecule has 0 saturated carbocycles. The van der Waals surface area contributed by atoms with Crippen LogP contribution in [0.3, 0.4) is 0 Å². The summed E-state index contributed by atoms with van der Waals surface area (Å²) in [6.45, 7) is 2.57. The van der Waals surface area contributed by atoms with E-state index in [2.05, 4.69) is 26.3 Å². The lowest BCUT2D eigenvalue weighted by Gasteiger charge is -2.20. The number of rotatable bonds is 7. The van der Waals surface area contributed by atoms with Crippen molar-refractivity contribution in [2.45, 2.75) is 6.54 Å². The molecule has 102 valence electrons. The lowest BCUT2D eigenvalue weighted by Crippen LogP contribution is -2.31. The van der Waals surface area contributed by atoms with Crippen LogP contribution in [0.1, 0.15) is 0 Å². The Morgan fingerprint density at radius 1 is 1.61 bits per heavy atom. The Morgan fingerprint density at radius 3 is 2.94 bits per heavy atom. The number of halogens is 1. The minimum atomic E-state index is -0.138. The molecule has 0 spiro atoms. The Kier molecular flexibility index (Phi) is 6.31. The van der Waals surface area contributed by atoms with Gasteiger partial charge < -0.3 is 15.0 Å². The summed E-state index contributed by atoms with van der Waals surface area (Å²) < 4.78 is 6.86. The molecule has 1 rings (SSSR count). The fourth-order valence-corrected chi connectivity index (χ4v) is 2.07. The second-order valence-electron chi connectivity index (χ2n) is 3.89. The zero-order chi connectivity index (χ0) is 13.5. The molecule has 6 nitrogen and oxygen atoms in total. The molecule has 1 aromatic rings. The second kappa shape index (κ2) is 7.50. The predicted octanol–water partition coefficient (Wildman–Crippen LogP) is 0.308. The normalized spacial score (nSPS) is 10.7. The van der Waals surface area contributed by atoms with E-state index in [-0.39, 0.29) is 5.56 Å². The Hall–Kier alpha value is -0.920. The van der Waals surface area contributed by atoms with E-state index >= 15 is 0 Å². The number of aromatic nitrogens is 2. The van der Waals surface area contributed by atoms with Gasteiger partial charge >= 0.3 is 0 Å². The summed E-state index contributed by atoms with van der Waals surface area (Å²) in [5, 5.41) is 7.20. The van der Waals surface area contributed by atoms with Crippen molar-refractivity contribution in [2.75, 3.05) is 45.8 Å². The van der Waals surface area contributed by atoms with Crippen molar-refractivity contribution in [1.82, 2.24) is 15.1 Å². The SMILES string of the molecule is CNCCN(C)c1cnn(CCOC)c(=O)c1Br. The van der Waals surface area contributed by atoms with Crippen molar-refractivity contribution in [1.29, 1.82) is 0 Å². The average Bonchev–Trinajstić information content (AvgIpc) is 2.37. The van der Waals surface area contributed by atoms with E-state index in [4.69, 9.17) is 4.74 Å². The van der Waals surface area contributed by atoms with Crippen molar-refractivity contribution in [3.63, 3.8) is 0 Å². The van der Waals surface area contributed by atoms with Crippen molar-refractivity contribution in [3.05, 3.63) is 21.0 Å². The van der Waals surface area contributed by atoms with E-state index in [0.29, 0.717) is 17.6 Å². The molecular formula is C11H19BrN4O2. The van der Waals surface area contributed by atoms with Gasteiger partial charge in [-0.05, 0) is 23.0 Å². The predicted molar refractivity (Wildman–Crippen MR) is 75.3 cm³/mol. The standard InChI is InChI=1S/C11H19BrN4O2/c1-13-4-5-15(2)9-8-14-16(6-7-18-3)11(17)10(9)12/h8,13H,4-7H2,1-3H3. The summed E-state index contributed by atoms with van der Waals surface area (Å²) in [5.41, 5.74) is 0.657. The molecule has 7 heteroatoms. The fraction of sp³-hybridized carbons (Fsp3) is 0.636. The molecule has 0 bridgehead atoms. The quantitative estimate of drug-likeness (QED) is 0.784. The van der Waals surface area contributed by atoms with Gasteiger partial charge in [-0.1, -0.05) is 0 Å². The Bertz CT molecular complexity index is 436. The summed E-state index contributed by atoms with van der Waals surface area (Å²) in [5.74, 6) is 0. The largest absolute Gasteiger partial charge is 0.383 e. The topological polar surface area (TPSA) is 59.4 Å².